The second kappa shape index (κ2) is 6.92. The molecule has 1 N–H and O–H groups in total. The van der Waals surface area contributed by atoms with Crippen LogP contribution in [0.25, 0.3) is 0 Å². The third-order valence-electron chi connectivity index (χ3n) is 4.80. The van der Waals surface area contributed by atoms with E-state index in [1.165, 1.54) is 57.8 Å². The van der Waals surface area contributed by atoms with Crippen LogP contribution in [0.4, 0.5) is 0 Å². The van der Waals surface area contributed by atoms with Crippen molar-refractivity contribution in [2.45, 2.75) is 84.1 Å². The highest BCUT2D eigenvalue weighted by molar-refractivity contribution is 5.13. The molecule has 0 aliphatic heterocycles. The van der Waals surface area contributed by atoms with Crippen LogP contribution in [0.2, 0.25) is 0 Å². The van der Waals surface area contributed by atoms with E-state index in [9.17, 15) is 0 Å². The first-order valence-corrected chi connectivity index (χ1v) is 8.50. The largest absolute Gasteiger partial charge is 0.308 e. The molecule has 0 radical (unpaired) electrons. The van der Waals surface area contributed by atoms with Crippen LogP contribution in [0.15, 0.2) is 11.6 Å². The summed E-state index contributed by atoms with van der Waals surface area (Å²) in [5.74, 6) is 1.77. The van der Waals surface area contributed by atoms with E-state index in [2.05, 4.69) is 32.2 Å². The molecule has 19 heavy (non-hydrogen) atoms. The molecular formula is C18H33N. The summed E-state index contributed by atoms with van der Waals surface area (Å²) in [6, 6.07) is 0. The van der Waals surface area contributed by atoms with Crippen molar-refractivity contribution < 1.29 is 0 Å². The van der Waals surface area contributed by atoms with Crippen LogP contribution in [0.1, 0.15) is 78.6 Å². The van der Waals surface area contributed by atoms with Crippen molar-refractivity contribution in [2.75, 3.05) is 6.54 Å². The van der Waals surface area contributed by atoms with Crippen molar-refractivity contribution in [3.63, 3.8) is 0 Å². The van der Waals surface area contributed by atoms with Crippen molar-refractivity contribution in [2.24, 2.45) is 11.8 Å². The second-order valence-corrected chi connectivity index (χ2v) is 7.72. The van der Waals surface area contributed by atoms with Gasteiger partial charge in [0.05, 0.1) is 0 Å². The molecule has 0 atom stereocenters. The zero-order valence-corrected chi connectivity index (χ0v) is 13.3. The minimum absolute atomic E-state index is 0.240. The van der Waals surface area contributed by atoms with Crippen LogP contribution in [0.3, 0.4) is 0 Å². The molecule has 2 aliphatic rings. The summed E-state index contributed by atoms with van der Waals surface area (Å²) < 4.78 is 0. The molecule has 2 saturated carbocycles. The average Bonchev–Trinajstić information content (AvgIpc) is 2.87. The standard InChI is InChI=1S/C18H33N/c1-18(2,3)19-14-17(13-15-9-7-8-10-15)16-11-5-4-6-12-16/h13,15-16,19H,4-12,14H2,1-3H3. The average molecular weight is 263 g/mol. The van der Waals surface area contributed by atoms with Crippen molar-refractivity contribution in [1.29, 1.82) is 0 Å². The van der Waals surface area contributed by atoms with Gasteiger partial charge in [0.1, 0.15) is 0 Å². The molecular weight excluding hydrogens is 230 g/mol. The minimum atomic E-state index is 0.240. The zero-order valence-electron chi connectivity index (χ0n) is 13.3. The van der Waals surface area contributed by atoms with Gasteiger partial charge in [-0.15, -0.1) is 0 Å². The predicted octanol–water partition coefficient (Wildman–Crippen LogP) is 5.07. The quantitative estimate of drug-likeness (QED) is 0.698. The van der Waals surface area contributed by atoms with Crippen molar-refractivity contribution >= 4 is 0 Å². The van der Waals surface area contributed by atoms with Gasteiger partial charge in [-0.05, 0) is 58.3 Å². The maximum absolute atomic E-state index is 3.72. The Hall–Kier alpha value is -0.300. The molecule has 0 aromatic carbocycles. The lowest BCUT2D eigenvalue weighted by atomic mass is 9.82. The van der Waals surface area contributed by atoms with E-state index in [1.807, 2.05) is 0 Å². The highest BCUT2D eigenvalue weighted by atomic mass is 14.9. The monoisotopic (exact) mass is 263 g/mol. The van der Waals surface area contributed by atoms with Crippen LogP contribution in [0.5, 0.6) is 0 Å². The molecule has 0 heterocycles. The molecule has 0 aromatic rings. The zero-order chi connectivity index (χ0) is 13.7. The van der Waals surface area contributed by atoms with Crippen molar-refractivity contribution in [1.82, 2.24) is 5.32 Å². The maximum atomic E-state index is 3.72. The van der Waals surface area contributed by atoms with Gasteiger partial charge in [-0.25, -0.2) is 0 Å². The first-order valence-electron chi connectivity index (χ1n) is 8.50. The van der Waals surface area contributed by atoms with E-state index in [0.717, 1.165) is 18.4 Å². The van der Waals surface area contributed by atoms with Crippen LogP contribution in [0, 0.1) is 11.8 Å². The Labute approximate surface area is 120 Å². The minimum Gasteiger partial charge on any atom is -0.308 e. The van der Waals surface area contributed by atoms with Gasteiger partial charge in [0.15, 0.2) is 0 Å². The smallest absolute Gasteiger partial charge is 0.0172 e. The van der Waals surface area contributed by atoms with E-state index in [-0.39, 0.29) is 5.54 Å². The van der Waals surface area contributed by atoms with Gasteiger partial charge >= 0.3 is 0 Å². The molecule has 0 bridgehead atoms. The molecule has 2 rings (SSSR count). The third-order valence-corrected chi connectivity index (χ3v) is 4.80. The van der Waals surface area contributed by atoms with Gasteiger partial charge in [0.2, 0.25) is 0 Å². The number of rotatable bonds is 4. The Morgan fingerprint density at radius 2 is 1.53 bits per heavy atom. The molecule has 0 spiro atoms. The summed E-state index contributed by atoms with van der Waals surface area (Å²) in [7, 11) is 0. The second-order valence-electron chi connectivity index (χ2n) is 7.72. The van der Waals surface area contributed by atoms with Crippen LogP contribution in [-0.4, -0.2) is 12.1 Å². The Bertz CT molecular complexity index is 285. The van der Waals surface area contributed by atoms with Gasteiger partial charge in [-0.3, -0.25) is 0 Å². The molecule has 1 heteroatoms. The molecule has 0 unspecified atom stereocenters. The fraction of sp³-hybridized carbons (Fsp3) is 0.889. The van der Waals surface area contributed by atoms with E-state index in [4.69, 9.17) is 0 Å². The van der Waals surface area contributed by atoms with Crippen molar-refractivity contribution in [3.05, 3.63) is 11.6 Å². The van der Waals surface area contributed by atoms with Crippen LogP contribution < -0.4 is 5.32 Å². The van der Waals surface area contributed by atoms with E-state index < -0.39 is 0 Å². The van der Waals surface area contributed by atoms with E-state index in [0.29, 0.717) is 0 Å². The number of nitrogens with one attached hydrogen (secondary N) is 1. The van der Waals surface area contributed by atoms with Gasteiger partial charge in [0, 0.05) is 12.1 Å². The molecule has 2 aliphatic carbocycles. The van der Waals surface area contributed by atoms with E-state index >= 15 is 0 Å². The van der Waals surface area contributed by atoms with Gasteiger partial charge < -0.3 is 5.32 Å². The van der Waals surface area contributed by atoms with Crippen LogP contribution in [-0.2, 0) is 0 Å². The Kier molecular flexibility index (Phi) is 5.50. The predicted molar refractivity (Wildman–Crippen MR) is 84.4 cm³/mol. The Balaban J connectivity index is 1.98. The third kappa shape index (κ3) is 5.30. The molecule has 110 valence electrons. The number of hydrogen-bond acceptors (Lipinski definition) is 1. The summed E-state index contributed by atoms with van der Waals surface area (Å²) in [6.07, 6.45) is 15.7. The molecule has 1 nitrogen and oxygen atoms in total. The summed E-state index contributed by atoms with van der Waals surface area (Å²) in [5, 5.41) is 3.72. The first kappa shape index (κ1) is 15.1. The van der Waals surface area contributed by atoms with Crippen molar-refractivity contribution in [3.8, 4) is 0 Å². The lowest BCUT2D eigenvalue weighted by molar-refractivity contribution is 0.373. The molecule has 0 saturated heterocycles. The SMILES string of the molecule is CC(C)(C)NCC(=CC1CCCC1)C1CCCCC1. The highest BCUT2D eigenvalue weighted by Gasteiger charge is 2.21. The summed E-state index contributed by atoms with van der Waals surface area (Å²) in [5.41, 5.74) is 1.98. The number of hydrogen-bond donors (Lipinski definition) is 1. The molecule has 0 aromatic heterocycles. The topological polar surface area (TPSA) is 12.0 Å². The summed E-state index contributed by atoms with van der Waals surface area (Å²) in [4.78, 5) is 0. The Morgan fingerprint density at radius 3 is 2.11 bits per heavy atom. The molecule has 2 fully saturated rings. The highest BCUT2D eigenvalue weighted by Crippen LogP contribution is 2.33. The van der Waals surface area contributed by atoms with Gasteiger partial charge in [-0.2, -0.15) is 0 Å². The lowest BCUT2D eigenvalue weighted by Crippen LogP contribution is -2.38. The Morgan fingerprint density at radius 1 is 0.947 bits per heavy atom. The van der Waals surface area contributed by atoms with Crippen LogP contribution >= 0.6 is 0 Å². The fourth-order valence-corrected chi connectivity index (χ4v) is 3.61. The first-order chi connectivity index (χ1) is 9.04. The maximum Gasteiger partial charge on any atom is 0.0172 e. The van der Waals surface area contributed by atoms with Gasteiger partial charge in [0.25, 0.3) is 0 Å². The fourth-order valence-electron chi connectivity index (χ4n) is 3.61. The molecule has 0 amide bonds. The normalized spacial score (nSPS) is 24.1. The summed E-state index contributed by atoms with van der Waals surface area (Å²) >= 11 is 0. The lowest BCUT2D eigenvalue weighted by Gasteiger charge is -2.29. The summed E-state index contributed by atoms with van der Waals surface area (Å²) in [6.45, 7) is 7.95. The number of allylic oxidation sites excluding steroid dienone is 1. The van der Waals surface area contributed by atoms with E-state index in [1.54, 1.807) is 5.57 Å². The van der Waals surface area contributed by atoms with Gasteiger partial charge in [-0.1, -0.05) is 43.8 Å².